The van der Waals surface area contributed by atoms with E-state index in [-0.39, 0.29) is 16.1 Å². The van der Waals surface area contributed by atoms with Crippen LogP contribution in [0.3, 0.4) is 0 Å². The van der Waals surface area contributed by atoms with Crippen LogP contribution in [0, 0.1) is 0 Å². The first-order valence-corrected chi connectivity index (χ1v) is 11.8. The van der Waals surface area contributed by atoms with Crippen LogP contribution in [0.1, 0.15) is 25.3 Å². The second kappa shape index (κ2) is 9.60. The minimum absolute atomic E-state index is 0.110. The molecule has 0 bridgehead atoms. The van der Waals surface area contributed by atoms with Crippen molar-refractivity contribution in [3.8, 4) is 5.75 Å². The molecule has 1 aromatic carbocycles. The van der Waals surface area contributed by atoms with Gasteiger partial charge in [0.2, 0.25) is 15.9 Å². The number of thioether (sulfide) groups is 1. The quantitative estimate of drug-likeness (QED) is 0.642. The van der Waals surface area contributed by atoms with Crippen LogP contribution in [-0.2, 0) is 21.4 Å². The maximum atomic E-state index is 12.5. The summed E-state index contributed by atoms with van der Waals surface area (Å²) in [4.78, 5) is 16.8. The predicted molar refractivity (Wildman–Crippen MR) is 112 cm³/mol. The Morgan fingerprint density at radius 2 is 1.90 bits per heavy atom. The Hall–Kier alpha value is -2.10. The molecule has 1 atom stereocenters. The minimum atomic E-state index is -3.47. The number of amides is 1. The van der Waals surface area contributed by atoms with Crippen molar-refractivity contribution in [1.29, 1.82) is 0 Å². The lowest BCUT2D eigenvalue weighted by Gasteiger charge is -2.15. The van der Waals surface area contributed by atoms with E-state index in [4.69, 9.17) is 4.74 Å². The Kier molecular flexibility index (Phi) is 7.15. The molecule has 1 fully saturated rings. The number of rotatable bonds is 8. The van der Waals surface area contributed by atoms with Gasteiger partial charge in [0, 0.05) is 25.8 Å². The fraction of sp³-hybridized carbons (Fsp3) is 0.400. The largest absolute Gasteiger partial charge is 0.497 e. The number of aromatic nitrogens is 1. The molecule has 1 amide bonds. The Morgan fingerprint density at radius 1 is 1.21 bits per heavy atom. The normalized spacial score (nSPS) is 15.8. The molecule has 156 valence electrons. The number of hydrogen-bond acceptors (Lipinski definition) is 6. The average molecular weight is 436 g/mol. The summed E-state index contributed by atoms with van der Waals surface area (Å²) in [6.45, 7) is 3.34. The minimum Gasteiger partial charge on any atom is -0.497 e. The fourth-order valence-electron chi connectivity index (χ4n) is 2.98. The van der Waals surface area contributed by atoms with E-state index in [1.54, 1.807) is 26.2 Å². The first-order valence-electron chi connectivity index (χ1n) is 9.43. The number of benzene rings is 1. The monoisotopic (exact) mass is 435 g/mol. The van der Waals surface area contributed by atoms with Gasteiger partial charge in [0.05, 0.1) is 17.4 Å². The van der Waals surface area contributed by atoms with Crippen molar-refractivity contribution in [2.75, 3.05) is 20.2 Å². The molecule has 1 saturated heterocycles. The molecular formula is C20H25N3O4S2. The van der Waals surface area contributed by atoms with Gasteiger partial charge in [-0.2, -0.15) is 4.31 Å². The number of nitrogens with zero attached hydrogens (tertiary/aromatic N) is 2. The molecular weight excluding hydrogens is 410 g/mol. The number of nitrogens with one attached hydrogen (secondary N) is 1. The highest BCUT2D eigenvalue weighted by Gasteiger charge is 2.27. The second-order valence-electron chi connectivity index (χ2n) is 6.77. The van der Waals surface area contributed by atoms with Gasteiger partial charge in [-0.1, -0.05) is 23.9 Å². The van der Waals surface area contributed by atoms with Crippen LogP contribution in [0.2, 0.25) is 0 Å². The lowest BCUT2D eigenvalue weighted by molar-refractivity contribution is -0.120. The van der Waals surface area contributed by atoms with E-state index in [9.17, 15) is 13.2 Å². The third-order valence-electron chi connectivity index (χ3n) is 4.70. The SMILES string of the molecule is COc1ccc(CNC(=O)C(C)Sc2ccc(S(=O)(=O)N3CCCC3)cn2)cc1. The third kappa shape index (κ3) is 5.49. The van der Waals surface area contributed by atoms with Gasteiger partial charge in [0.25, 0.3) is 0 Å². The average Bonchev–Trinajstić information content (AvgIpc) is 3.28. The number of carbonyl (C=O) groups is 1. The van der Waals surface area contributed by atoms with E-state index >= 15 is 0 Å². The molecule has 1 unspecified atom stereocenters. The molecule has 0 aliphatic carbocycles. The van der Waals surface area contributed by atoms with E-state index < -0.39 is 10.0 Å². The summed E-state index contributed by atoms with van der Waals surface area (Å²) >= 11 is 1.29. The number of methoxy groups -OCH3 is 1. The first kappa shape index (κ1) is 21.6. The van der Waals surface area contributed by atoms with E-state index in [0.29, 0.717) is 24.7 Å². The number of carbonyl (C=O) groups excluding carboxylic acids is 1. The highest BCUT2D eigenvalue weighted by atomic mass is 32.2. The van der Waals surface area contributed by atoms with Crippen molar-refractivity contribution in [3.05, 3.63) is 48.2 Å². The molecule has 7 nitrogen and oxygen atoms in total. The van der Waals surface area contributed by atoms with Gasteiger partial charge in [-0.15, -0.1) is 0 Å². The summed E-state index contributed by atoms with van der Waals surface area (Å²) in [6, 6.07) is 10.7. The van der Waals surface area contributed by atoms with Crippen molar-refractivity contribution >= 4 is 27.7 Å². The molecule has 0 saturated carbocycles. The summed E-state index contributed by atoms with van der Waals surface area (Å²) < 4.78 is 31.7. The van der Waals surface area contributed by atoms with Gasteiger partial charge in [-0.3, -0.25) is 4.79 Å². The highest BCUT2D eigenvalue weighted by molar-refractivity contribution is 8.00. The maximum Gasteiger partial charge on any atom is 0.244 e. The summed E-state index contributed by atoms with van der Waals surface area (Å²) in [5.74, 6) is 0.659. The maximum absolute atomic E-state index is 12.5. The Bertz CT molecular complexity index is 925. The summed E-state index contributed by atoms with van der Waals surface area (Å²) in [7, 11) is -1.86. The predicted octanol–water partition coefficient (Wildman–Crippen LogP) is 2.67. The Balaban J connectivity index is 1.54. The van der Waals surface area contributed by atoms with Gasteiger partial charge in [0.1, 0.15) is 10.6 Å². The standard InChI is InChI=1S/C20H25N3O4S2/c1-15(20(24)22-13-16-5-7-17(27-2)8-6-16)28-19-10-9-18(14-21-19)29(25,26)23-11-3-4-12-23/h5-10,14-15H,3-4,11-13H2,1-2H3,(H,22,24). The van der Waals surface area contributed by atoms with Crippen LogP contribution in [0.5, 0.6) is 5.75 Å². The fourth-order valence-corrected chi connectivity index (χ4v) is 5.25. The number of ether oxygens (including phenoxy) is 1. The zero-order valence-corrected chi connectivity index (χ0v) is 18.1. The molecule has 9 heteroatoms. The van der Waals surface area contributed by atoms with Gasteiger partial charge < -0.3 is 10.1 Å². The van der Waals surface area contributed by atoms with Gasteiger partial charge in [0.15, 0.2) is 0 Å². The van der Waals surface area contributed by atoms with E-state index in [0.717, 1.165) is 24.2 Å². The number of sulfonamides is 1. The first-order chi connectivity index (χ1) is 13.9. The molecule has 2 heterocycles. The van der Waals surface area contributed by atoms with Crippen molar-refractivity contribution in [2.24, 2.45) is 0 Å². The smallest absolute Gasteiger partial charge is 0.244 e. The lowest BCUT2D eigenvalue weighted by atomic mass is 10.2. The van der Waals surface area contributed by atoms with Crippen molar-refractivity contribution in [3.63, 3.8) is 0 Å². The molecule has 0 spiro atoms. The second-order valence-corrected chi connectivity index (χ2v) is 10.1. The van der Waals surface area contributed by atoms with Crippen molar-refractivity contribution < 1.29 is 17.9 Å². The van der Waals surface area contributed by atoms with E-state index in [1.807, 2.05) is 24.3 Å². The van der Waals surface area contributed by atoms with Gasteiger partial charge >= 0.3 is 0 Å². The molecule has 1 N–H and O–H groups in total. The van der Waals surface area contributed by atoms with Crippen LogP contribution in [0.25, 0.3) is 0 Å². The van der Waals surface area contributed by atoms with E-state index in [1.165, 1.54) is 22.3 Å². The molecule has 0 radical (unpaired) electrons. The van der Waals surface area contributed by atoms with Crippen LogP contribution >= 0.6 is 11.8 Å². The van der Waals surface area contributed by atoms with Crippen LogP contribution < -0.4 is 10.1 Å². The highest BCUT2D eigenvalue weighted by Crippen LogP contribution is 2.25. The van der Waals surface area contributed by atoms with Crippen molar-refractivity contribution in [1.82, 2.24) is 14.6 Å². The molecule has 3 rings (SSSR count). The van der Waals surface area contributed by atoms with Crippen LogP contribution in [0.15, 0.2) is 52.5 Å². The molecule has 29 heavy (non-hydrogen) atoms. The van der Waals surface area contributed by atoms with E-state index in [2.05, 4.69) is 10.3 Å². The lowest BCUT2D eigenvalue weighted by Crippen LogP contribution is -2.30. The molecule has 1 aromatic heterocycles. The topological polar surface area (TPSA) is 88.6 Å². The Labute approximate surface area is 175 Å². The molecule has 1 aliphatic rings. The zero-order valence-electron chi connectivity index (χ0n) is 16.5. The molecule has 1 aliphatic heterocycles. The van der Waals surface area contributed by atoms with Gasteiger partial charge in [-0.25, -0.2) is 13.4 Å². The number of pyridine rings is 1. The van der Waals surface area contributed by atoms with Crippen molar-refractivity contribution in [2.45, 2.75) is 41.5 Å². The Morgan fingerprint density at radius 3 is 2.48 bits per heavy atom. The van der Waals surface area contributed by atoms with Crippen LogP contribution in [-0.4, -0.2) is 49.1 Å². The summed E-state index contributed by atoms with van der Waals surface area (Å²) in [6.07, 6.45) is 3.16. The zero-order chi connectivity index (χ0) is 20.9. The number of hydrogen-bond donors (Lipinski definition) is 1. The summed E-state index contributed by atoms with van der Waals surface area (Å²) in [5.41, 5.74) is 0.978. The summed E-state index contributed by atoms with van der Waals surface area (Å²) in [5, 5.41) is 3.15. The van der Waals surface area contributed by atoms with Crippen LogP contribution in [0.4, 0.5) is 0 Å². The van der Waals surface area contributed by atoms with Gasteiger partial charge in [-0.05, 0) is 49.6 Å². The third-order valence-corrected chi connectivity index (χ3v) is 7.64. The molecule has 2 aromatic rings.